The fourth-order valence-electron chi connectivity index (χ4n) is 2.92. The third-order valence-corrected chi connectivity index (χ3v) is 8.36. The minimum absolute atomic E-state index is 0.0577. The highest BCUT2D eigenvalue weighted by Crippen LogP contribution is 2.54. The van der Waals surface area contributed by atoms with E-state index in [1.165, 1.54) is 22.3 Å². The van der Waals surface area contributed by atoms with Crippen molar-refractivity contribution in [3.05, 3.63) is 59.7 Å². The molecule has 0 fully saturated rings. The van der Waals surface area contributed by atoms with Crippen LogP contribution >= 0.6 is 33.2 Å². The number of hydrogen-bond donors (Lipinski definition) is 0. The molecular weight excluding hydrogens is 315 g/mol. The highest BCUT2D eigenvalue weighted by molar-refractivity contribution is 7.65. The van der Waals surface area contributed by atoms with Crippen LogP contribution in [0.15, 0.2) is 48.5 Å². The third kappa shape index (κ3) is 2.23. The Kier molecular flexibility index (Phi) is 3.42. The van der Waals surface area contributed by atoms with Crippen LogP contribution in [0.4, 0.5) is 0 Å². The second-order valence-corrected chi connectivity index (χ2v) is 14.1. The average molecular weight is 328 g/mol. The molecule has 2 aromatic carbocycles. The smallest absolute Gasteiger partial charge is 0.126 e. The standard InChI is InChI=1S/C15H13Cl3Si/c1-10(19(16,17)18)15-13-8-4-2-6-11(13)12-7-3-5-9-14(12)15/h2-10,15H,1H3. The lowest BCUT2D eigenvalue weighted by Crippen LogP contribution is -2.23. The first kappa shape index (κ1) is 13.5. The largest absolute Gasteiger partial charge is 0.344 e. The van der Waals surface area contributed by atoms with Crippen LogP contribution in [0, 0.1) is 0 Å². The van der Waals surface area contributed by atoms with Gasteiger partial charge in [-0.15, -0.1) is 33.2 Å². The van der Waals surface area contributed by atoms with Crippen LogP contribution in [0.5, 0.6) is 0 Å². The Morgan fingerprint density at radius 2 is 1.26 bits per heavy atom. The van der Waals surface area contributed by atoms with Crippen LogP contribution < -0.4 is 0 Å². The first-order valence-corrected chi connectivity index (χ1v) is 11.4. The van der Waals surface area contributed by atoms with Crippen LogP contribution in [-0.4, -0.2) is 6.00 Å². The number of fused-ring (bicyclic) bond motifs is 3. The molecule has 0 bridgehead atoms. The van der Waals surface area contributed by atoms with Gasteiger partial charge in [-0.3, -0.25) is 0 Å². The molecule has 98 valence electrons. The Hall–Kier alpha value is -0.473. The van der Waals surface area contributed by atoms with Crippen molar-refractivity contribution < 1.29 is 0 Å². The van der Waals surface area contributed by atoms with Crippen LogP contribution in [0.2, 0.25) is 5.54 Å². The molecule has 1 atom stereocenters. The van der Waals surface area contributed by atoms with Crippen molar-refractivity contribution in [3.8, 4) is 11.1 Å². The monoisotopic (exact) mass is 326 g/mol. The second kappa shape index (κ2) is 4.82. The Bertz CT molecular complexity index is 573. The molecule has 0 aromatic heterocycles. The fraction of sp³-hybridized carbons (Fsp3) is 0.200. The number of benzene rings is 2. The normalized spacial score (nSPS) is 16.0. The summed E-state index contributed by atoms with van der Waals surface area (Å²) in [5, 5.41) is 0. The van der Waals surface area contributed by atoms with Gasteiger partial charge in [0, 0.05) is 11.5 Å². The molecule has 0 N–H and O–H groups in total. The van der Waals surface area contributed by atoms with Gasteiger partial charge in [-0.1, -0.05) is 55.5 Å². The summed E-state index contributed by atoms with van der Waals surface area (Å²) in [6.07, 6.45) is 0. The van der Waals surface area contributed by atoms with Crippen LogP contribution in [0.3, 0.4) is 0 Å². The van der Waals surface area contributed by atoms with Crippen LogP contribution in [0.25, 0.3) is 11.1 Å². The minimum Gasteiger partial charge on any atom is -0.126 e. The average Bonchev–Trinajstić information content (AvgIpc) is 2.71. The molecule has 0 aliphatic heterocycles. The van der Waals surface area contributed by atoms with Gasteiger partial charge in [-0.25, -0.2) is 0 Å². The summed E-state index contributed by atoms with van der Waals surface area (Å²) in [6.45, 7) is 2.06. The maximum absolute atomic E-state index is 6.27. The van der Waals surface area contributed by atoms with Gasteiger partial charge in [-0.05, 0) is 22.3 Å². The zero-order valence-electron chi connectivity index (χ0n) is 10.4. The summed E-state index contributed by atoms with van der Waals surface area (Å²) < 4.78 is 0. The molecule has 4 heteroatoms. The van der Waals surface area contributed by atoms with E-state index in [4.69, 9.17) is 33.2 Å². The van der Waals surface area contributed by atoms with E-state index in [1.54, 1.807) is 0 Å². The maximum Gasteiger partial charge on any atom is 0.344 e. The van der Waals surface area contributed by atoms with Crippen molar-refractivity contribution in [2.45, 2.75) is 18.4 Å². The Morgan fingerprint density at radius 1 is 0.842 bits per heavy atom. The van der Waals surface area contributed by atoms with E-state index >= 15 is 0 Å². The second-order valence-electron chi connectivity index (χ2n) is 4.98. The molecule has 19 heavy (non-hydrogen) atoms. The van der Waals surface area contributed by atoms with Gasteiger partial charge in [0.25, 0.3) is 0 Å². The first-order valence-electron chi connectivity index (χ1n) is 6.25. The molecule has 3 rings (SSSR count). The molecule has 2 aromatic rings. The van der Waals surface area contributed by atoms with Crippen LogP contribution in [-0.2, 0) is 0 Å². The summed E-state index contributed by atoms with van der Waals surface area (Å²) in [6, 6.07) is 14.1. The number of rotatable bonds is 2. The molecule has 1 aliphatic carbocycles. The molecular formula is C15H13Cl3Si. The van der Waals surface area contributed by atoms with E-state index in [9.17, 15) is 0 Å². The van der Waals surface area contributed by atoms with Crippen molar-refractivity contribution in [2.24, 2.45) is 0 Å². The van der Waals surface area contributed by atoms with Crippen molar-refractivity contribution >= 4 is 39.2 Å². The Morgan fingerprint density at radius 3 is 1.68 bits per heavy atom. The predicted octanol–water partition coefficient (Wildman–Crippen LogP) is 5.84. The molecule has 0 saturated heterocycles. The highest BCUT2D eigenvalue weighted by atomic mass is 35.8. The lowest BCUT2D eigenvalue weighted by atomic mass is 9.94. The van der Waals surface area contributed by atoms with E-state index in [0.29, 0.717) is 0 Å². The summed E-state index contributed by atoms with van der Waals surface area (Å²) >= 11 is 18.8. The molecule has 0 radical (unpaired) electrons. The summed E-state index contributed by atoms with van der Waals surface area (Å²) in [5.74, 6) is 0.201. The molecule has 0 amide bonds. The van der Waals surface area contributed by atoms with E-state index in [2.05, 4.69) is 55.5 Å². The van der Waals surface area contributed by atoms with Crippen molar-refractivity contribution in [1.82, 2.24) is 0 Å². The summed E-state index contributed by atoms with van der Waals surface area (Å²) in [5.41, 5.74) is 5.18. The van der Waals surface area contributed by atoms with E-state index in [-0.39, 0.29) is 11.5 Å². The van der Waals surface area contributed by atoms with Crippen LogP contribution in [0.1, 0.15) is 24.0 Å². The molecule has 0 spiro atoms. The third-order valence-electron chi connectivity index (χ3n) is 3.90. The lowest BCUT2D eigenvalue weighted by Gasteiger charge is -2.26. The summed E-state index contributed by atoms with van der Waals surface area (Å²) in [4.78, 5) is 0. The van der Waals surface area contributed by atoms with E-state index in [1.807, 2.05) is 0 Å². The molecule has 1 aliphatic rings. The number of halogens is 3. The number of hydrogen-bond acceptors (Lipinski definition) is 0. The Labute approximate surface area is 128 Å². The predicted molar refractivity (Wildman–Crippen MR) is 86.5 cm³/mol. The molecule has 0 nitrogen and oxygen atoms in total. The Balaban J connectivity index is 2.20. The molecule has 0 heterocycles. The van der Waals surface area contributed by atoms with E-state index < -0.39 is 6.00 Å². The van der Waals surface area contributed by atoms with Gasteiger partial charge in [0.05, 0.1) is 0 Å². The van der Waals surface area contributed by atoms with Gasteiger partial charge in [0.15, 0.2) is 0 Å². The fourth-order valence-corrected chi connectivity index (χ4v) is 4.79. The zero-order chi connectivity index (χ0) is 13.6. The molecule has 0 saturated carbocycles. The quantitative estimate of drug-likeness (QED) is 0.480. The highest BCUT2D eigenvalue weighted by Gasteiger charge is 2.43. The summed E-state index contributed by atoms with van der Waals surface area (Å²) in [7, 11) is 0. The van der Waals surface area contributed by atoms with Gasteiger partial charge < -0.3 is 0 Å². The van der Waals surface area contributed by atoms with Gasteiger partial charge >= 0.3 is 6.00 Å². The lowest BCUT2D eigenvalue weighted by molar-refractivity contribution is 0.785. The van der Waals surface area contributed by atoms with Crippen molar-refractivity contribution in [1.29, 1.82) is 0 Å². The van der Waals surface area contributed by atoms with E-state index in [0.717, 1.165) is 0 Å². The zero-order valence-corrected chi connectivity index (χ0v) is 13.7. The molecule has 1 unspecified atom stereocenters. The minimum atomic E-state index is -2.75. The maximum atomic E-state index is 6.27. The topological polar surface area (TPSA) is 0 Å². The van der Waals surface area contributed by atoms with Gasteiger partial charge in [0.2, 0.25) is 0 Å². The first-order chi connectivity index (χ1) is 9.00. The van der Waals surface area contributed by atoms with Crippen molar-refractivity contribution in [2.75, 3.05) is 0 Å². The SMILES string of the molecule is CC(C1c2ccccc2-c2ccccc21)[Si](Cl)(Cl)Cl. The van der Waals surface area contributed by atoms with Gasteiger partial charge in [0.1, 0.15) is 0 Å². The van der Waals surface area contributed by atoms with Crippen molar-refractivity contribution in [3.63, 3.8) is 0 Å². The van der Waals surface area contributed by atoms with Gasteiger partial charge in [-0.2, -0.15) is 0 Å².